The van der Waals surface area contributed by atoms with Gasteiger partial charge in [-0.05, 0) is 56.0 Å². The van der Waals surface area contributed by atoms with Gasteiger partial charge >= 0.3 is 0 Å². The largest absolute Gasteiger partial charge is 0.497 e. The first kappa shape index (κ1) is 23.5. The number of methoxy groups -OCH3 is 1. The molecule has 32 heavy (non-hydrogen) atoms. The van der Waals surface area contributed by atoms with Crippen molar-refractivity contribution in [2.45, 2.75) is 31.6 Å². The maximum absolute atomic E-state index is 13.6. The van der Waals surface area contributed by atoms with Gasteiger partial charge in [0.15, 0.2) is 0 Å². The van der Waals surface area contributed by atoms with E-state index in [2.05, 4.69) is 6.92 Å². The number of nitro groups is 1. The van der Waals surface area contributed by atoms with Crippen LogP contribution in [0.4, 0.5) is 11.4 Å². The Balaban J connectivity index is 2.01. The second-order valence-corrected chi connectivity index (χ2v) is 9.86. The number of ether oxygens (including phenoxy) is 1. The van der Waals surface area contributed by atoms with Crippen molar-refractivity contribution in [3.8, 4) is 5.75 Å². The van der Waals surface area contributed by atoms with Crippen LogP contribution in [0.3, 0.4) is 0 Å². The zero-order chi connectivity index (χ0) is 23.5. The van der Waals surface area contributed by atoms with Crippen molar-refractivity contribution < 1.29 is 22.9 Å². The van der Waals surface area contributed by atoms with E-state index in [0.717, 1.165) is 23.2 Å². The lowest BCUT2D eigenvalue weighted by Gasteiger charge is -2.33. The fourth-order valence-electron chi connectivity index (χ4n) is 3.78. The maximum Gasteiger partial charge on any atom is 0.273 e. The van der Waals surface area contributed by atoms with E-state index in [4.69, 9.17) is 4.74 Å². The van der Waals surface area contributed by atoms with Crippen molar-refractivity contribution >= 4 is 27.3 Å². The molecule has 0 spiro atoms. The van der Waals surface area contributed by atoms with E-state index in [1.807, 2.05) is 0 Å². The zero-order valence-electron chi connectivity index (χ0n) is 18.4. The van der Waals surface area contributed by atoms with E-state index < -0.39 is 21.5 Å². The Morgan fingerprint density at radius 1 is 1.25 bits per heavy atom. The SMILES string of the molecule is COc1ccc(N(CC(=O)N2CCC[C@@H](C)C2)S(=O)(=O)c2ccc(C)c([N+](=O)[O-])c2)cc1. The normalized spacial score (nSPS) is 16.5. The predicted molar refractivity (Wildman–Crippen MR) is 120 cm³/mol. The minimum Gasteiger partial charge on any atom is -0.497 e. The molecule has 1 fully saturated rings. The van der Waals surface area contributed by atoms with Gasteiger partial charge < -0.3 is 9.64 Å². The smallest absolute Gasteiger partial charge is 0.273 e. The number of nitrogens with zero attached hydrogens (tertiary/aromatic N) is 3. The molecule has 172 valence electrons. The lowest BCUT2D eigenvalue weighted by molar-refractivity contribution is -0.385. The van der Waals surface area contributed by atoms with Crippen molar-refractivity contribution in [3.05, 3.63) is 58.1 Å². The fraction of sp³-hybridized carbons (Fsp3) is 0.409. The van der Waals surface area contributed by atoms with Crippen molar-refractivity contribution in [2.75, 3.05) is 31.0 Å². The number of rotatable bonds is 7. The summed E-state index contributed by atoms with van der Waals surface area (Å²) in [6.07, 6.45) is 1.89. The molecule has 9 nitrogen and oxygen atoms in total. The third kappa shape index (κ3) is 5.01. The number of carbonyl (C=O) groups excluding carboxylic acids is 1. The molecule has 0 aliphatic carbocycles. The number of amides is 1. The van der Waals surface area contributed by atoms with Gasteiger partial charge in [-0.25, -0.2) is 8.42 Å². The summed E-state index contributed by atoms with van der Waals surface area (Å²) >= 11 is 0. The summed E-state index contributed by atoms with van der Waals surface area (Å²) in [7, 11) is -2.76. The molecule has 10 heteroatoms. The van der Waals surface area contributed by atoms with E-state index in [9.17, 15) is 23.3 Å². The number of carbonyl (C=O) groups is 1. The number of nitro benzene ring substituents is 1. The number of piperidine rings is 1. The molecular formula is C22H27N3O6S. The molecular weight excluding hydrogens is 434 g/mol. The van der Waals surface area contributed by atoms with Crippen LogP contribution in [0.15, 0.2) is 47.4 Å². The van der Waals surface area contributed by atoms with E-state index in [-0.39, 0.29) is 22.2 Å². The van der Waals surface area contributed by atoms with Gasteiger partial charge in [-0.2, -0.15) is 0 Å². The number of benzene rings is 2. The first-order chi connectivity index (χ1) is 15.1. The van der Waals surface area contributed by atoms with Gasteiger partial charge in [-0.3, -0.25) is 19.2 Å². The molecule has 2 aromatic carbocycles. The quantitative estimate of drug-likeness (QED) is 0.462. The summed E-state index contributed by atoms with van der Waals surface area (Å²) in [6, 6.07) is 10.0. The molecule has 1 heterocycles. The Kier molecular flexibility index (Phi) is 7.02. The number of aryl methyl sites for hydroxylation is 1. The molecule has 1 amide bonds. The molecule has 3 rings (SSSR count). The minimum absolute atomic E-state index is 0.245. The van der Waals surface area contributed by atoms with Gasteiger partial charge in [0.05, 0.1) is 22.6 Å². The number of anilines is 1. The lowest BCUT2D eigenvalue weighted by atomic mass is 10.0. The van der Waals surface area contributed by atoms with Gasteiger partial charge in [0.1, 0.15) is 12.3 Å². The van der Waals surface area contributed by atoms with E-state index in [1.165, 1.54) is 26.2 Å². The van der Waals surface area contributed by atoms with Crippen molar-refractivity contribution in [1.82, 2.24) is 4.90 Å². The monoisotopic (exact) mass is 461 g/mol. The van der Waals surface area contributed by atoms with Crippen LogP contribution in [0.1, 0.15) is 25.3 Å². The summed E-state index contributed by atoms with van der Waals surface area (Å²) in [5.74, 6) is 0.573. The molecule has 0 saturated carbocycles. The first-order valence-corrected chi connectivity index (χ1v) is 11.8. The van der Waals surface area contributed by atoms with E-state index in [1.54, 1.807) is 29.2 Å². The zero-order valence-corrected chi connectivity index (χ0v) is 19.2. The van der Waals surface area contributed by atoms with Crippen LogP contribution in [-0.4, -0.2) is 50.9 Å². The van der Waals surface area contributed by atoms with Gasteiger partial charge in [-0.1, -0.05) is 13.0 Å². The van der Waals surface area contributed by atoms with Crippen LogP contribution in [-0.2, 0) is 14.8 Å². The predicted octanol–water partition coefficient (Wildman–Crippen LogP) is 3.37. The lowest BCUT2D eigenvalue weighted by Crippen LogP contribution is -2.46. The third-order valence-corrected chi connectivity index (χ3v) is 7.38. The molecule has 1 aliphatic heterocycles. The summed E-state index contributed by atoms with van der Waals surface area (Å²) in [6.45, 7) is 4.35. The highest BCUT2D eigenvalue weighted by atomic mass is 32.2. The Hall–Kier alpha value is -3.14. The third-order valence-electron chi connectivity index (χ3n) is 5.61. The van der Waals surface area contributed by atoms with Crippen LogP contribution in [0.2, 0.25) is 0 Å². The Morgan fingerprint density at radius 2 is 1.94 bits per heavy atom. The van der Waals surface area contributed by atoms with Crippen LogP contribution >= 0.6 is 0 Å². The first-order valence-electron chi connectivity index (χ1n) is 10.3. The Bertz CT molecular complexity index is 1100. The van der Waals surface area contributed by atoms with Crippen LogP contribution in [0, 0.1) is 23.0 Å². The maximum atomic E-state index is 13.6. The van der Waals surface area contributed by atoms with E-state index >= 15 is 0 Å². The topological polar surface area (TPSA) is 110 Å². The fourth-order valence-corrected chi connectivity index (χ4v) is 5.21. The number of hydrogen-bond donors (Lipinski definition) is 0. The van der Waals surface area contributed by atoms with Gasteiger partial charge in [0.25, 0.3) is 15.7 Å². The summed E-state index contributed by atoms with van der Waals surface area (Å²) in [5, 5.41) is 11.3. The Morgan fingerprint density at radius 3 is 2.53 bits per heavy atom. The molecule has 1 atom stereocenters. The van der Waals surface area contributed by atoms with Crippen molar-refractivity contribution in [2.24, 2.45) is 5.92 Å². The molecule has 0 bridgehead atoms. The van der Waals surface area contributed by atoms with Crippen LogP contribution in [0.5, 0.6) is 5.75 Å². The van der Waals surface area contributed by atoms with Crippen molar-refractivity contribution in [1.29, 1.82) is 0 Å². The second-order valence-electron chi connectivity index (χ2n) is 8.00. The van der Waals surface area contributed by atoms with Gasteiger partial charge in [-0.15, -0.1) is 0 Å². The van der Waals surface area contributed by atoms with Gasteiger partial charge in [0, 0.05) is 24.7 Å². The highest BCUT2D eigenvalue weighted by molar-refractivity contribution is 7.92. The molecule has 0 N–H and O–H groups in total. The highest BCUT2D eigenvalue weighted by Crippen LogP contribution is 2.29. The second kappa shape index (κ2) is 9.56. The number of sulfonamides is 1. The summed E-state index contributed by atoms with van der Waals surface area (Å²) in [4.78, 5) is 25.2. The number of likely N-dealkylation sites (tertiary alicyclic amines) is 1. The van der Waals surface area contributed by atoms with Crippen LogP contribution in [0.25, 0.3) is 0 Å². The average Bonchev–Trinajstić information content (AvgIpc) is 2.77. The molecule has 1 aliphatic rings. The molecule has 0 unspecified atom stereocenters. The minimum atomic E-state index is -4.25. The average molecular weight is 462 g/mol. The standard InChI is InChI=1S/C22H27N3O6S/c1-16-5-4-12-23(14-16)22(26)15-24(18-7-9-19(31-3)10-8-18)32(29,30)20-11-6-17(2)21(13-20)25(27)28/h6-11,13,16H,4-5,12,14-15H2,1-3H3/t16-/m1/s1. The molecule has 0 aromatic heterocycles. The summed E-state index contributed by atoms with van der Waals surface area (Å²) < 4.78 is 33.3. The van der Waals surface area contributed by atoms with Crippen LogP contribution < -0.4 is 9.04 Å². The van der Waals surface area contributed by atoms with Gasteiger partial charge in [0.2, 0.25) is 5.91 Å². The Labute approximate surface area is 187 Å². The van der Waals surface area contributed by atoms with Crippen molar-refractivity contribution in [3.63, 3.8) is 0 Å². The highest BCUT2D eigenvalue weighted by Gasteiger charge is 2.31. The molecule has 1 saturated heterocycles. The molecule has 0 radical (unpaired) electrons. The number of hydrogen-bond acceptors (Lipinski definition) is 6. The van der Waals surface area contributed by atoms with E-state index in [0.29, 0.717) is 30.3 Å². The molecule has 2 aromatic rings. The summed E-state index contributed by atoms with van der Waals surface area (Å²) in [5.41, 5.74) is 0.327.